The molecule has 2 atom stereocenters. The number of hydrogen-bond donors (Lipinski definition) is 5. The Labute approximate surface area is 133 Å². The van der Waals surface area contributed by atoms with Crippen molar-refractivity contribution in [1.29, 1.82) is 0 Å². The van der Waals surface area contributed by atoms with Crippen LogP contribution in [0.5, 0.6) is 0 Å². The van der Waals surface area contributed by atoms with Gasteiger partial charge in [-0.3, -0.25) is 4.79 Å². The third kappa shape index (κ3) is 5.95. The molecule has 23 heavy (non-hydrogen) atoms. The number of aromatic carboxylic acids is 1. The van der Waals surface area contributed by atoms with Crippen molar-refractivity contribution in [3.63, 3.8) is 0 Å². The summed E-state index contributed by atoms with van der Waals surface area (Å²) in [5.74, 6) is -3.00. The van der Waals surface area contributed by atoms with Gasteiger partial charge < -0.3 is 27.0 Å². The van der Waals surface area contributed by atoms with Crippen LogP contribution in [0.15, 0.2) is 18.2 Å². The van der Waals surface area contributed by atoms with Crippen LogP contribution in [0.3, 0.4) is 0 Å². The molecule has 1 aromatic carbocycles. The van der Waals surface area contributed by atoms with E-state index in [0.717, 1.165) is 5.56 Å². The zero-order valence-electron chi connectivity index (χ0n) is 12.8. The van der Waals surface area contributed by atoms with Crippen LogP contribution in [-0.4, -0.2) is 40.1 Å². The molecule has 0 aliphatic heterocycles. The zero-order chi connectivity index (χ0) is 17.6. The van der Waals surface area contributed by atoms with Crippen molar-refractivity contribution >= 4 is 23.5 Å². The Kier molecular flexibility index (Phi) is 6.52. The Balaban J connectivity index is 3.02. The Hall–Kier alpha value is -2.61. The molecule has 0 unspecified atom stereocenters. The number of amides is 1. The lowest BCUT2D eigenvalue weighted by Gasteiger charge is -2.17. The van der Waals surface area contributed by atoms with Gasteiger partial charge in [-0.1, -0.05) is 6.07 Å². The minimum Gasteiger partial charge on any atom is -0.480 e. The van der Waals surface area contributed by atoms with Gasteiger partial charge in [-0.15, -0.1) is 0 Å². The quantitative estimate of drug-likeness (QED) is 0.440. The number of nitrogens with one attached hydrogen (secondary N) is 1. The van der Waals surface area contributed by atoms with Crippen molar-refractivity contribution in [3.8, 4) is 0 Å². The number of carbonyl (C=O) groups excluding carboxylic acids is 1. The third-order valence-electron chi connectivity index (χ3n) is 3.18. The molecule has 8 heteroatoms. The molecule has 0 saturated heterocycles. The molecule has 1 amide bonds. The van der Waals surface area contributed by atoms with Gasteiger partial charge in [0.25, 0.3) is 0 Å². The fraction of sp³-hybridized carbons (Fsp3) is 0.400. The fourth-order valence-electron chi connectivity index (χ4n) is 2.12. The van der Waals surface area contributed by atoms with Crippen LogP contribution >= 0.6 is 0 Å². The van der Waals surface area contributed by atoms with E-state index in [-0.39, 0.29) is 30.1 Å². The molecule has 0 radical (unpaired) electrons. The first-order chi connectivity index (χ1) is 10.7. The first kappa shape index (κ1) is 18.4. The van der Waals surface area contributed by atoms with Gasteiger partial charge in [0.15, 0.2) is 0 Å². The highest BCUT2D eigenvalue weighted by Gasteiger charge is 2.21. The van der Waals surface area contributed by atoms with Gasteiger partial charge >= 0.3 is 11.9 Å². The summed E-state index contributed by atoms with van der Waals surface area (Å²) in [5, 5.41) is 21.1. The fourth-order valence-corrected chi connectivity index (χ4v) is 2.12. The molecule has 126 valence electrons. The Morgan fingerprint density at radius 1 is 1.26 bits per heavy atom. The summed E-state index contributed by atoms with van der Waals surface area (Å²) in [4.78, 5) is 33.4. The number of carboxylic acid groups (broad SMARTS) is 2. The highest BCUT2D eigenvalue weighted by molar-refractivity contribution is 5.95. The number of rotatable bonds is 9. The van der Waals surface area contributed by atoms with E-state index in [1.165, 1.54) is 12.1 Å². The van der Waals surface area contributed by atoms with Crippen molar-refractivity contribution in [2.75, 3.05) is 5.32 Å². The highest BCUT2D eigenvalue weighted by Crippen LogP contribution is 2.20. The SMILES string of the molecule is C[C@@H](N)Cc1ccc(N[C@@H](CCC(N)=O)C(=O)O)c(C(=O)O)c1. The van der Waals surface area contributed by atoms with Crippen LogP contribution in [0.1, 0.15) is 35.7 Å². The maximum absolute atomic E-state index is 11.4. The molecule has 0 aliphatic rings. The predicted molar refractivity (Wildman–Crippen MR) is 84.2 cm³/mol. The smallest absolute Gasteiger partial charge is 0.337 e. The van der Waals surface area contributed by atoms with Crippen LogP contribution in [0.25, 0.3) is 0 Å². The molecule has 0 fully saturated rings. The second-order valence-electron chi connectivity index (χ2n) is 5.41. The normalized spacial score (nSPS) is 13.1. The van der Waals surface area contributed by atoms with E-state index >= 15 is 0 Å². The van der Waals surface area contributed by atoms with Gasteiger partial charge in [0.2, 0.25) is 5.91 Å². The number of carbonyl (C=O) groups is 3. The molecule has 1 rings (SSSR count). The summed E-state index contributed by atoms with van der Waals surface area (Å²) in [6.07, 6.45) is 0.352. The Morgan fingerprint density at radius 2 is 1.91 bits per heavy atom. The summed E-state index contributed by atoms with van der Waals surface area (Å²) in [6, 6.07) is 3.41. The molecule has 1 aromatic rings. The highest BCUT2D eigenvalue weighted by atomic mass is 16.4. The van der Waals surface area contributed by atoms with Gasteiger partial charge in [0, 0.05) is 18.2 Å². The molecule has 8 nitrogen and oxygen atoms in total. The molecule has 0 heterocycles. The van der Waals surface area contributed by atoms with E-state index in [1.807, 2.05) is 0 Å². The molecule has 0 saturated carbocycles. The summed E-state index contributed by atoms with van der Waals surface area (Å²) in [5.41, 5.74) is 11.6. The molecule has 0 spiro atoms. The second-order valence-corrected chi connectivity index (χ2v) is 5.41. The Bertz CT molecular complexity index is 601. The molecular formula is C15H21N3O5. The lowest BCUT2D eigenvalue weighted by atomic mass is 10.0. The van der Waals surface area contributed by atoms with Crippen LogP contribution in [0.2, 0.25) is 0 Å². The van der Waals surface area contributed by atoms with Crippen LogP contribution in [-0.2, 0) is 16.0 Å². The van der Waals surface area contributed by atoms with E-state index in [2.05, 4.69) is 5.32 Å². The average Bonchev–Trinajstić information content (AvgIpc) is 2.43. The summed E-state index contributed by atoms with van der Waals surface area (Å²) >= 11 is 0. The number of hydrogen-bond acceptors (Lipinski definition) is 5. The summed E-state index contributed by atoms with van der Waals surface area (Å²) in [7, 11) is 0. The van der Waals surface area contributed by atoms with Crippen LogP contribution in [0.4, 0.5) is 5.69 Å². The summed E-state index contributed by atoms with van der Waals surface area (Å²) < 4.78 is 0. The van der Waals surface area contributed by atoms with Crippen molar-refractivity contribution in [2.24, 2.45) is 11.5 Å². The topological polar surface area (TPSA) is 156 Å². The number of carboxylic acids is 2. The van der Waals surface area contributed by atoms with Gasteiger partial charge in [0.05, 0.1) is 5.56 Å². The molecule has 0 aliphatic carbocycles. The largest absolute Gasteiger partial charge is 0.480 e. The number of benzene rings is 1. The van der Waals surface area contributed by atoms with Crippen molar-refractivity contribution < 1.29 is 24.6 Å². The third-order valence-corrected chi connectivity index (χ3v) is 3.18. The van der Waals surface area contributed by atoms with E-state index in [1.54, 1.807) is 13.0 Å². The number of aliphatic carboxylic acids is 1. The predicted octanol–water partition coefficient (Wildman–Crippen LogP) is 0.405. The number of anilines is 1. The number of nitrogens with two attached hydrogens (primary N) is 2. The van der Waals surface area contributed by atoms with Crippen molar-refractivity contribution in [2.45, 2.75) is 38.3 Å². The van der Waals surface area contributed by atoms with Gasteiger partial charge in [-0.2, -0.15) is 0 Å². The monoisotopic (exact) mass is 323 g/mol. The van der Waals surface area contributed by atoms with E-state index in [9.17, 15) is 24.6 Å². The molecule has 7 N–H and O–H groups in total. The van der Waals surface area contributed by atoms with Crippen molar-refractivity contribution in [3.05, 3.63) is 29.3 Å². The van der Waals surface area contributed by atoms with E-state index < -0.39 is 23.9 Å². The molecule has 0 bridgehead atoms. The molecule has 0 aromatic heterocycles. The minimum atomic E-state index is -1.19. The lowest BCUT2D eigenvalue weighted by molar-refractivity contribution is -0.138. The van der Waals surface area contributed by atoms with Gasteiger partial charge in [-0.05, 0) is 37.5 Å². The van der Waals surface area contributed by atoms with Crippen LogP contribution in [0, 0.1) is 0 Å². The Morgan fingerprint density at radius 3 is 2.39 bits per heavy atom. The standard InChI is InChI=1S/C15H21N3O5/c1-8(16)6-9-2-3-11(10(7-9)14(20)21)18-12(15(22)23)4-5-13(17)19/h2-3,7-8,12,18H,4-6,16H2,1H3,(H2,17,19)(H,20,21)(H,22,23)/t8-,12+/m1/s1. The van der Waals surface area contributed by atoms with Crippen molar-refractivity contribution in [1.82, 2.24) is 0 Å². The minimum absolute atomic E-state index is 0.0364. The van der Waals surface area contributed by atoms with Gasteiger partial charge in [0.1, 0.15) is 6.04 Å². The summed E-state index contributed by atoms with van der Waals surface area (Å²) in [6.45, 7) is 1.80. The maximum Gasteiger partial charge on any atom is 0.337 e. The zero-order valence-corrected chi connectivity index (χ0v) is 12.8. The average molecular weight is 323 g/mol. The number of primary amides is 1. The first-order valence-electron chi connectivity index (χ1n) is 7.10. The maximum atomic E-state index is 11.4. The van der Waals surface area contributed by atoms with E-state index in [4.69, 9.17) is 11.5 Å². The van der Waals surface area contributed by atoms with E-state index in [0.29, 0.717) is 6.42 Å². The lowest BCUT2D eigenvalue weighted by Crippen LogP contribution is -2.31. The van der Waals surface area contributed by atoms with Crippen LogP contribution < -0.4 is 16.8 Å². The second kappa shape index (κ2) is 8.14. The first-order valence-corrected chi connectivity index (χ1v) is 7.10. The van der Waals surface area contributed by atoms with Gasteiger partial charge in [-0.25, -0.2) is 9.59 Å². The molecular weight excluding hydrogens is 302 g/mol.